The van der Waals surface area contributed by atoms with Crippen molar-refractivity contribution in [3.63, 3.8) is 0 Å². The van der Waals surface area contributed by atoms with Crippen LogP contribution in [0.4, 0.5) is 0 Å². The van der Waals surface area contributed by atoms with E-state index in [0.717, 1.165) is 0 Å². The van der Waals surface area contributed by atoms with Gasteiger partial charge >= 0.3 is 0 Å². The average molecular weight is 736 g/mol. The van der Waals surface area contributed by atoms with Crippen molar-refractivity contribution < 1.29 is 0 Å². The minimum Gasteiger partial charge on any atom is -0.0995 e. The van der Waals surface area contributed by atoms with E-state index in [-0.39, 0.29) is 0 Å². The number of hydrogen-bond acceptors (Lipinski definition) is 0. The number of hydrogen-bond donors (Lipinski definition) is 0. The van der Waals surface area contributed by atoms with Gasteiger partial charge in [-0.2, -0.15) is 0 Å². The Bertz CT molecular complexity index is 560. The molecule has 6 heteroatoms. The fraction of sp³-hybridized carbons (Fsp3) is 0.846. The predicted octanol–water partition coefficient (Wildman–Crippen LogP) is 10.7. The molecule has 0 aromatic carbocycles. The van der Waals surface area contributed by atoms with Crippen LogP contribution in [0.1, 0.15) is 119 Å². The molecule has 0 atom stereocenters. The average Bonchev–Trinajstić information content (AvgIpc) is 3.03. The highest BCUT2D eigenvalue weighted by Crippen LogP contribution is 2.62. The van der Waals surface area contributed by atoms with Crippen LogP contribution >= 0.6 is 21.8 Å². The Kier molecular flexibility index (Phi) is 40.9. The summed E-state index contributed by atoms with van der Waals surface area (Å²) in [6, 6.07) is 4.48. The van der Waals surface area contributed by atoms with Crippen LogP contribution in [0.3, 0.4) is 0 Å². The molecule has 270 valence electrons. The Morgan fingerprint density at radius 3 is 0.822 bits per heavy atom. The third kappa shape index (κ3) is 27.6. The maximum atomic E-state index is 3.89. The summed E-state index contributed by atoms with van der Waals surface area (Å²) >= 11 is 0. The van der Waals surface area contributed by atoms with E-state index in [1.165, 1.54) is 138 Å². The van der Waals surface area contributed by atoms with Crippen molar-refractivity contribution in [2.24, 2.45) is 0 Å². The molecule has 0 spiro atoms. The molecule has 0 heterocycles. The van der Waals surface area contributed by atoms with E-state index in [4.69, 9.17) is 0 Å². The number of unbranched alkanes of at least 4 members (excludes halogenated alkanes) is 3. The minimum atomic E-state index is -0.845. The van der Waals surface area contributed by atoms with E-state index in [1.54, 1.807) is 62.1 Å². The second-order valence-electron chi connectivity index (χ2n) is 14.1. The first-order valence-electron chi connectivity index (χ1n) is 20.1. The van der Waals surface area contributed by atoms with Gasteiger partial charge in [0.25, 0.3) is 0 Å². The molecule has 0 fully saturated rings. The smallest absolute Gasteiger partial charge is 0.0777 e. The third-order valence-electron chi connectivity index (χ3n) is 9.56. The number of allylic oxidation sites excluding steroid dienone is 3. The van der Waals surface area contributed by atoms with Gasteiger partial charge in [0.2, 0.25) is 0 Å². The summed E-state index contributed by atoms with van der Waals surface area (Å²) < 4.78 is 0. The van der Waals surface area contributed by atoms with Crippen LogP contribution in [-0.4, -0.2) is 105 Å². The van der Waals surface area contributed by atoms with Gasteiger partial charge in [-0.3, -0.25) is 0 Å². The van der Waals surface area contributed by atoms with E-state index in [1.807, 2.05) is 0 Å². The van der Waals surface area contributed by atoms with Crippen LogP contribution in [-0.2, 0) is 0 Å². The third-order valence-corrected chi connectivity index (χ3v) is 26.6. The molecule has 0 amide bonds. The Morgan fingerprint density at radius 1 is 0.356 bits per heavy atom. The zero-order valence-electron chi connectivity index (χ0n) is 33.3. The molecule has 0 rings (SSSR count). The van der Waals surface area contributed by atoms with Gasteiger partial charge in [-0.25, -0.2) is 0 Å². The van der Waals surface area contributed by atoms with Crippen molar-refractivity contribution in [2.75, 3.05) is 73.9 Å². The quantitative estimate of drug-likeness (QED) is 0.0391. The Balaban J connectivity index is -0.000000592. The molecule has 0 saturated carbocycles. The zero-order valence-corrected chi connectivity index (χ0v) is 42.0. The first kappa shape index (κ1) is 50.5. The molecule has 0 nitrogen and oxygen atoms in total. The van der Waals surface area contributed by atoms with Gasteiger partial charge in [-0.15, -0.1) is 0 Å². The summed E-state index contributed by atoms with van der Waals surface area (Å²) in [5, 5.41) is 0. The summed E-state index contributed by atoms with van der Waals surface area (Å²) in [6.45, 7) is 25.9. The minimum absolute atomic E-state index is 0.490. The maximum absolute atomic E-state index is 3.89. The van der Waals surface area contributed by atoms with Crippen LogP contribution in [0.25, 0.3) is 0 Å². The lowest BCUT2D eigenvalue weighted by Gasteiger charge is -2.28. The molecule has 0 radical (unpaired) electrons. The molecule has 0 aromatic heterocycles. The fourth-order valence-electron chi connectivity index (χ4n) is 7.04. The van der Waals surface area contributed by atoms with E-state index in [9.17, 15) is 0 Å². The second kappa shape index (κ2) is 36.4. The van der Waals surface area contributed by atoms with Crippen LogP contribution < -0.4 is 0 Å². The number of rotatable bonds is 30. The Hall–Kier alpha value is 1.16. The lowest BCUT2D eigenvalue weighted by molar-refractivity contribution is 0.828. The molecule has 0 aromatic rings. The van der Waals surface area contributed by atoms with Crippen molar-refractivity contribution in [1.82, 2.24) is 0 Å². The molecular formula is C39H90P3Si3+3. The van der Waals surface area contributed by atoms with Crippen molar-refractivity contribution in [3.05, 3.63) is 38.0 Å². The largest absolute Gasteiger partial charge is 0.0995 e. The second-order valence-corrected chi connectivity index (χ2v) is 30.2. The van der Waals surface area contributed by atoms with Gasteiger partial charge in [0.1, 0.15) is 0 Å². The topological polar surface area (TPSA) is 0 Å². The van der Waals surface area contributed by atoms with E-state index in [2.05, 4.69) is 79.5 Å². The maximum Gasteiger partial charge on any atom is 0.0777 e. The molecule has 0 N–H and O–H groups in total. The Labute approximate surface area is 299 Å². The van der Waals surface area contributed by atoms with E-state index < -0.39 is 21.8 Å². The van der Waals surface area contributed by atoms with Gasteiger partial charge < -0.3 is 0 Å². The fourth-order valence-corrected chi connectivity index (χ4v) is 24.0. The standard InChI is InChI=1S/C15H36PSi.C12H30PSi.C12H24PSi/c1-4-7-11-16(12-8-5-2,13-9-6-3)14-10-15-17;2*1-4-8-13(9-5-2,10-6-3)11-7-12-14/h4-15H2,1-3,17H3;4-12H2,1-3,14H3;4-6H,1-3,7-12H2,14H3/q3*+1. The van der Waals surface area contributed by atoms with E-state index in [0.29, 0.717) is 0 Å². The van der Waals surface area contributed by atoms with Crippen molar-refractivity contribution >= 4 is 52.5 Å². The van der Waals surface area contributed by atoms with Gasteiger partial charge in [-0.1, -0.05) is 117 Å². The van der Waals surface area contributed by atoms with Gasteiger partial charge in [-0.05, 0) is 57.8 Å². The molecule has 0 aliphatic carbocycles. The highest BCUT2D eigenvalue weighted by Gasteiger charge is 2.35. The van der Waals surface area contributed by atoms with Crippen LogP contribution in [0.15, 0.2) is 38.0 Å². The summed E-state index contributed by atoms with van der Waals surface area (Å²) in [6.07, 6.45) is 41.6. The first-order chi connectivity index (χ1) is 21.7. The molecular weight excluding hydrogens is 646 g/mol. The highest BCUT2D eigenvalue weighted by atomic mass is 31.2. The van der Waals surface area contributed by atoms with Crippen LogP contribution in [0.2, 0.25) is 18.1 Å². The summed E-state index contributed by atoms with van der Waals surface area (Å²) in [5.41, 5.74) is 0. The van der Waals surface area contributed by atoms with Crippen molar-refractivity contribution in [2.45, 2.75) is 137 Å². The normalized spacial score (nSPS) is 11.9. The predicted molar refractivity (Wildman–Crippen MR) is 243 cm³/mol. The van der Waals surface area contributed by atoms with Gasteiger partial charge in [0.15, 0.2) is 0 Å². The highest BCUT2D eigenvalue weighted by molar-refractivity contribution is 7.76. The van der Waals surface area contributed by atoms with Crippen molar-refractivity contribution in [3.8, 4) is 0 Å². The monoisotopic (exact) mass is 736 g/mol. The zero-order chi connectivity index (χ0) is 34.7. The summed E-state index contributed by atoms with van der Waals surface area (Å²) in [5.74, 6) is 0. The van der Waals surface area contributed by atoms with Crippen LogP contribution in [0, 0.1) is 0 Å². The molecule has 0 aliphatic heterocycles. The molecule has 45 heavy (non-hydrogen) atoms. The SMILES string of the molecule is C=CC[P+](CC=C)(CC=C)CCC[SiH3].CCCC[P+](CCCC)(CCCC)CCC[SiH3].CCC[P+](CCC)(CCC)CCC[SiH3]. The van der Waals surface area contributed by atoms with Gasteiger partial charge in [0, 0.05) is 52.5 Å². The summed E-state index contributed by atoms with van der Waals surface area (Å²) in [4.78, 5) is 0. The van der Waals surface area contributed by atoms with E-state index >= 15 is 0 Å². The molecule has 0 unspecified atom stereocenters. The van der Waals surface area contributed by atoms with Crippen molar-refractivity contribution in [1.29, 1.82) is 0 Å². The molecule has 0 bridgehead atoms. The summed E-state index contributed by atoms with van der Waals surface area (Å²) in [7, 11) is 2.29. The van der Waals surface area contributed by atoms with Gasteiger partial charge in [0.05, 0.1) is 73.9 Å². The van der Waals surface area contributed by atoms with Crippen LogP contribution in [0.5, 0.6) is 0 Å². The first-order valence-corrected chi connectivity index (χ1v) is 31.9. The Morgan fingerprint density at radius 2 is 0.600 bits per heavy atom. The molecule has 0 saturated heterocycles. The lowest BCUT2D eigenvalue weighted by Crippen LogP contribution is -2.12. The lowest BCUT2D eigenvalue weighted by atomic mass is 10.4. The molecule has 0 aliphatic rings.